The number of nitrogens with zero attached hydrogens (tertiary/aromatic N) is 3. The largest absolute Gasteiger partial charge is 0.493 e. The predicted octanol–water partition coefficient (Wildman–Crippen LogP) is 3.34. The highest BCUT2D eigenvalue weighted by atomic mass is 32.1. The van der Waals surface area contributed by atoms with E-state index in [2.05, 4.69) is 21.2 Å². The van der Waals surface area contributed by atoms with Crippen molar-refractivity contribution < 1.29 is 9.26 Å². The molecule has 0 amide bonds. The minimum atomic E-state index is 0.139. The Morgan fingerprint density at radius 2 is 2.18 bits per heavy atom. The van der Waals surface area contributed by atoms with Gasteiger partial charge in [0.1, 0.15) is 5.75 Å². The van der Waals surface area contributed by atoms with Crippen molar-refractivity contribution in [3.05, 3.63) is 57.6 Å². The Kier molecular flexibility index (Phi) is 3.38. The molecule has 0 fully saturated rings. The van der Waals surface area contributed by atoms with Gasteiger partial charge in [0.15, 0.2) is 5.82 Å². The van der Waals surface area contributed by atoms with Crippen molar-refractivity contribution in [1.82, 2.24) is 15.1 Å². The van der Waals surface area contributed by atoms with Crippen LogP contribution in [0.15, 0.2) is 34.2 Å². The van der Waals surface area contributed by atoms with Gasteiger partial charge in [-0.1, -0.05) is 23.4 Å². The van der Waals surface area contributed by atoms with Gasteiger partial charge >= 0.3 is 0 Å². The smallest absolute Gasteiger partial charge is 0.232 e. The van der Waals surface area contributed by atoms with Crippen LogP contribution in [0.25, 0.3) is 0 Å². The minimum Gasteiger partial charge on any atom is -0.493 e. The third-order valence-electron chi connectivity index (χ3n) is 3.75. The molecule has 1 aliphatic heterocycles. The number of fused-ring (bicyclic) bond motifs is 1. The second kappa shape index (κ2) is 5.53. The number of aromatic nitrogens is 3. The van der Waals surface area contributed by atoms with E-state index in [1.165, 1.54) is 0 Å². The quantitative estimate of drug-likeness (QED) is 0.742. The third-order valence-corrected chi connectivity index (χ3v) is 4.58. The summed E-state index contributed by atoms with van der Waals surface area (Å²) in [5.74, 6) is 2.40. The van der Waals surface area contributed by atoms with Crippen LogP contribution < -0.4 is 4.74 Å². The van der Waals surface area contributed by atoms with E-state index in [-0.39, 0.29) is 5.92 Å². The molecule has 5 nitrogen and oxygen atoms in total. The third kappa shape index (κ3) is 2.50. The van der Waals surface area contributed by atoms with E-state index < -0.39 is 0 Å². The van der Waals surface area contributed by atoms with Crippen LogP contribution in [-0.2, 0) is 6.42 Å². The lowest BCUT2D eigenvalue weighted by Gasteiger charge is -2.23. The lowest BCUT2D eigenvalue weighted by Crippen LogP contribution is -2.16. The van der Waals surface area contributed by atoms with Crippen molar-refractivity contribution in [3.8, 4) is 5.75 Å². The van der Waals surface area contributed by atoms with Gasteiger partial charge in [-0.15, -0.1) is 11.3 Å². The maximum absolute atomic E-state index is 5.69. The van der Waals surface area contributed by atoms with Crippen molar-refractivity contribution in [2.75, 3.05) is 6.61 Å². The Morgan fingerprint density at radius 3 is 3.05 bits per heavy atom. The summed E-state index contributed by atoms with van der Waals surface area (Å²) in [6.07, 6.45) is 1.45. The predicted molar refractivity (Wildman–Crippen MR) is 82.4 cm³/mol. The number of aryl methyl sites for hydroxylation is 1. The van der Waals surface area contributed by atoms with Gasteiger partial charge in [0.25, 0.3) is 0 Å². The standard InChI is InChI=1S/C16H15N3O2S/c1-10-17-11(9-22-10)8-15-18-16(19-21-15)13-6-7-20-14-5-3-2-4-12(13)14/h2-5,9,13H,6-8H2,1H3. The molecular formula is C16H15N3O2S. The summed E-state index contributed by atoms with van der Waals surface area (Å²) >= 11 is 1.63. The Bertz CT molecular complexity index is 796. The van der Waals surface area contributed by atoms with Gasteiger partial charge < -0.3 is 9.26 Å². The van der Waals surface area contributed by atoms with Crippen molar-refractivity contribution >= 4 is 11.3 Å². The second-order valence-electron chi connectivity index (χ2n) is 5.31. The number of rotatable bonds is 3. The first-order chi connectivity index (χ1) is 10.8. The number of hydrogen-bond acceptors (Lipinski definition) is 6. The molecule has 0 saturated carbocycles. The molecule has 1 atom stereocenters. The van der Waals surface area contributed by atoms with Crippen molar-refractivity contribution in [3.63, 3.8) is 0 Å². The van der Waals surface area contributed by atoms with Gasteiger partial charge in [0, 0.05) is 10.9 Å². The maximum atomic E-state index is 5.69. The normalized spacial score (nSPS) is 17.0. The fourth-order valence-electron chi connectivity index (χ4n) is 2.74. The Labute approximate surface area is 132 Å². The molecule has 3 heterocycles. The van der Waals surface area contributed by atoms with E-state index in [4.69, 9.17) is 9.26 Å². The average molecular weight is 313 g/mol. The SMILES string of the molecule is Cc1nc(Cc2nc(C3CCOc4ccccc43)no2)cs1. The lowest BCUT2D eigenvalue weighted by atomic mass is 9.92. The highest BCUT2D eigenvalue weighted by molar-refractivity contribution is 7.09. The molecule has 6 heteroatoms. The molecule has 3 aromatic rings. The summed E-state index contributed by atoms with van der Waals surface area (Å²) in [5.41, 5.74) is 2.11. The zero-order chi connectivity index (χ0) is 14.9. The molecule has 2 aromatic heterocycles. The summed E-state index contributed by atoms with van der Waals surface area (Å²) < 4.78 is 11.1. The van der Waals surface area contributed by atoms with Gasteiger partial charge in [-0.3, -0.25) is 0 Å². The fraction of sp³-hybridized carbons (Fsp3) is 0.312. The van der Waals surface area contributed by atoms with Crippen LogP contribution in [0.4, 0.5) is 0 Å². The van der Waals surface area contributed by atoms with Crippen LogP contribution in [0.5, 0.6) is 5.75 Å². The number of benzene rings is 1. The maximum Gasteiger partial charge on any atom is 0.232 e. The minimum absolute atomic E-state index is 0.139. The first-order valence-corrected chi connectivity index (χ1v) is 8.13. The van der Waals surface area contributed by atoms with Crippen molar-refractivity contribution in [1.29, 1.82) is 0 Å². The molecule has 1 unspecified atom stereocenters. The Hall–Kier alpha value is -2.21. The zero-order valence-corrected chi connectivity index (χ0v) is 13.0. The average Bonchev–Trinajstić information content (AvgIpc) is 3.16. The summed E-state index contributed by atoms with van der Waals surface area (Å²) in [6, 6.07) is 8.05. The molecular weight excluding hydrogens is 298 g/mol. The summed E-state index contributed by atoms with van der Waals surface area (Å²) in [6.45, 7) is 2.67. The van der Waals surface area contributed by atoms with Crippen molar-refractivity contribution in [2.24, 2.45) is 0 Å². The zero-order valence-electron chi connectivity index (χ0n) is 12.2. The Morgan fingerprint density at radius 1 is 1.27 bits per heavy atom. The summed E-state index contributed by atoms with van der Waals surface area (Å²) in [4.78, 5) is 9.00. The second-order valence-corrected chi connectivity index (χ2v) is 6.37. The van der Waals surface area contributed by atoms with Gasteiger partial charge in [0.05, 0.1) is 29.6 Å². The number of hydrogen-bond donors (Lipinski definition) is 0. The number of ether oxygens (including phenoxy) is 1. The van der Waals surface area contributed by atoms with E-state index in [1.54, 1.807) is 11.3 Å². The van der Waals surface area contributed by atoms with Crippen LogP contribution >= 0.6 is 11.3 Å². The number of para-hydroxylation sites is 1. The molecule has 1 aliphatic rings. The van der Waals surface area contributed by atoms with Gasteiger partial charge in [-0.25, -0.2) is 4.98 Å². The monoisotopic (exact) mass is 313 g/mol. The Balaban J connectivity index is 1.59. The van der Waals surface area contributed by atoms with Gasteiger partial charge in [-0.2, -0.15) is 4.98 Å². The van der Waals surface area contributed by atoms with Crippen LogP contribution in [0, 0.1) is 6.92 Å². The molecule has 22 heavy (non-hydrogen) atoms. The fourth-order valence-corrected chi connectivity index (χ4v) is 3.35. The molecule has 1 aromatic carbocycles. The van der Waals surface area contributed by atoms with Crippen molar-refractivity contribution in [2.45, 2.75) is 25.7 Å². The van der Waals surface area contributed by atoms with Gasteiger partial charge in [0.2, 0.25) is 5.89 Å². The molecule has 112 valence electrons. The van der Waals surface area contributed by atoms with E-state index in [9.17, 15) is 0 Å². The van der Waals surface area contributed by atoms with Crippen LogP contribution in [0.2, 0.25) is 0 Å². The molecule has 0 aliphatic carbocycles. The molecule has 0 N–H and O–H groups in total. The lowest BCUT2D eigenvalue weighted by molar-refractivity contribution is 0.272. The highest BCUT2D eigenvalue weighted by Gasteiger charge is 2.27. The first-order valence-electron chi connectivity index (χ1n) is 7.25. The summed E-state index contributed by atoms with van der Waals surface area (Å²) in [5, 5.41) is 7.26. The first kappa shape index (κ1) is 13.5. The van der Waals surface area contributed by atoms with E-state index in [0.29, 0.717) is 18.9 Å². The molecule has 0 saturated heterocycles. The molecule has 0 radical (unpaired) electrons. The van der Waals surface area contributed by atoms with Gasteiger partial charge in [-0.05, 0) is 19.4 Å². The molecule has 0 spiro atoms. The number of thiazole rings is 1. The van der Waals surface area contributed by atoms with Crippen LogP contribution in [0.3, 0.4) is 0 Å². The highest BCUT2D eigenvalue weighted by Crippen LogP contribution is 2.36. The van der Waals surface area contributed by atoms with E-state index in [1.807, 2.05) is 30.5 Å². The molecule has 0 bridgehead atoms. The van der Waals surface area contributed by atoms with E-state index >= 15 is 0 Å². The molecule has 4 rings (SSSR count). The topological polar surface area (TPSA) is 61.0 Å². The van der Waals surface area contributed by atoms with Crippen LogP contribution in [0.1, 0.15) is 40.3 Å². The summed E-state index contributed by atoms with van der Waals surface area (Å²) in [7, 11) is 0. The van der Waals surface area contributed by atoms with E-state index in [0.717, 1.165) is 34.3 Å². The van der Waals surface area contributed by atoms with Crippen LogP contribution in [-0.4, -0.2) is 21.7 Å².